The average Bonchev–Trinajstić information content (AvgIpc) is 2.61. The van der Waals surface area contributed by atoms with Crippen LogP contribution in [0, 0.1) is 34.6 Å². The molecule has 3 N–H and O–H groups in total. The molecular formula is C21H25N5S. The van der Waals surface area contributed by atoms with Crippen LogP contribution in [0.15, 0.2) is 35.2 Å². The number of anilines is 3. The quantitative estimate of drug-likeness (QED) is 0.605. The van der Waals surface area contributed by atoms with Crippen LogP contribution in [0.4, 0.5) is 17.6 Å². The minimum absolute atomic E-state index is 0.227. The molecule has 0 aliphatic carbocycles. The second kappa shape index (κ2) is 7.96. The second-order valence-corrected chi connectivity index (χ2v) is 7.74. The predicted octanol–water partition coefficient (Wildman–Crippen LogP) is 5.03. The average molecular weight is 380 g/mol. The lowest BCUT2D eigenvalue weighted by Gasteiger charge is -2.14. The summed E-state index contributed by atoms with van der Waals surface area (Å²) in [5.41, 5.74) is 13.2. The smallest absolute Gasteiger partial charge is 0.232 e. The zero-order valence-corrected chi connectivity index (χ0v) is 17.2. The Bertz CT molecular complexity index is 958. The lowest BCUT2D eigenvalue weighted by molar-refractivity contribution is 0.980. The third kappa shape index (κ3) is 4.39. The Labute approximate surface area is 164 Å². The van der Waals surface area contributed by atoms with Crippen LogP contribution in [0.25, 0.3) is 0 Å². The van der Waals surface area contributed by atoms with Crippen molar-refractivity contribution in [3.63, 3.8) is 0 Å². The number of nitrogen functional groups attached to an aromatic ring is 1. The van der Waals surface area contributed by atoms with Gasteiger partial charge in [0.15, 0.2) is 0 Å². The zero-order valence-electron chi connectivity index (χ0n) is 16.4. The van der Waals surface area contributed by atoms with Gasteiger partial charge in [-0.05, 0) is 68.5 Å². The first kappa shape index (κ1) is 19.2. The van der Waals surface area contributed by atoms with E-state index in [0.29, 0.717) is 17.5 Å². The van der Waals surface area contributed by atoms with Crippen molar-refractivity contribution in [2.24, 2.45) is 0 Å². The third-order valence-electron chi connectivity index (χ3n) is 4.73. The molecule has 1 aromatic heterocycles. The summed E-state index contributed by atoms with van der Waals surface area (Å²) >= 11 is 1.75. The van der Waals surface area contributed by atoms with E-state index in [1.807, 2.05) is 31.2 Å². The van der Waals surface area contributed by atoms with Gasteiger partial charge >= 0.3 is 0 Å². The fourth-order valence-electron chi connectivity index (χ4n) is 2.93. The lowest BCUT2D eigenvalue weighted by Crippen LogP contribution is -2.07. The van der Waals surface area contributed by atoms with E-state index in [1.54, 1.807) is 11.8 Å². The summed E-state index contributed by atoms with van der Waals surface area (Å²) in [6.45, 7) is 10.7. The van der Waals surface area contributed by atoms with Crippen molar-refractivity contribution in [2.45, 2.75) is 45.3 Å². The highest BCUT2D eigenvalue weighted by Gasteiger charge is 2.12. The highest BCUT2D eigenvalue weighted by atomic mass is 32.2. The van der Waals surface area contributed by atoms with E-state index in [9.17, 15) is 0 Å². The van der Waals surface area contributed by atoms with Crippen LogP contribution in [0.1, 0.15) is 33.6 Å². The molecule has 140 valence electrons. The summed E-state index contributed by atoms with van der Waals surface area (Å²) in [7, 11) is 0. The van der Waals surface area contributed by atoms with Crippen LogP contribution in [0.5, 0.6) is 0 Å². The number of thioether (sulfide) groups is 1. The predicted molar refractivity (Wildman–Crippen MR) is 114 cm³/mol. The molecule has 0 unspecified atom stereocenters. The number of aryl methyl sites for hydroxylation is 3. The zero-order chi connectivity index (χ0) is 19.6. The number of nitrogens with zero attached hydrogens (tertiary/aromatic N) is 3. The summed E-state index contributed by atoms with van der Waals surface area (Å²) in [5.74, 6) is 2.01. The summed E-state index contributed by atoms with van der Waals surface area (Å²) in [5, 5.41) is 3.24. The number of hydrogen-bond donors (Lipinski definition) is 2. The second-order valence-electron chi connectivity index (χ2n) is 6.75. The van der Waals surface area contributed by atoms with Crippen LogP contribution in [0.2, 0.25) is 0 Å². The van der Waals surface area contributed by atoms with Gasteiger partial charge in [-0.1, -0.05) is 24.3 Å². The molecule has 0 fully saturated rings. The van der Waals surface area contributed by atoms with E-state index < -0.39 is 0 Å². The highest BCUT2D eigenvalue weighted by Crippen LogP contribution is 2.32. The Morgan fingerprint density at radius 2 is 1.56 bits per heavy atom. The number of nitrogens with one attached hydrogen (secondary N) is 1. The minimum atomic E-state index is 0.227. The Balaban J connectivity index is 1.83. The molecule has 1 heterocycles. The lowest BCUT2D eigenvalue weighted by atomic mass is 10.0. The van der Waals surface area contributed by atoms with Gasteiger partial charge in [0.05, 0.1) is 5.75 Å². The molecule has 0 atom stereocenters. The Kier molecular flexibility index (Phi) is 5.65. The van der Waals surface area contributed by atoms with Crippen molar-refractivity contribution in [1.82, 2.24) is 15.0 Å². The van der Waals surface area contributed by atoms with Crippen molar-refractivity contribution in [2.75, 3.05) is 11.1 Å². The standard InChI is InChI=1S/C21H25N5S/c1-12-8-6-7-9-17(12)23-21-25-18(24-20(22)26-21)11-27-19-15(4)13(2)10-14(3)16(19)5/h6-10H,11H2,1-5H3,(H3,22,23,24,25,26). The fourth-order valence-corrected chi connectivity index (χ4v) is 4.08. The Morgan fingerprint density at radius 1 is 0.889 bits per heavy atom. The van der Waals surface area contributed by atoms with Crippen molar-refractivity contribution < 1.29 is 0 Å². The number of para-hydroxylation sites is 1. The largest absolute Gasteiger partial charge is 0.368 e. The van der Waals surface area contributed by atoms with Gasteiger partial charge in [-0.2, -0.15) is 15.0 Å². The highest BCUT2D eigenvalue weighted by molar-refractivity contribution is 7.98. The first-order chi connectivity index (χ1) is 12.8. The summed E-state index contributed by atoms with van der Waals surface area (Å²) < 4.78 is 0. The number of hydrogen-bond acceptors (Lipinski definition) is 6. The van der Waals surface area contributed by atoms with Crippen LogP contribution >= 0.6 is 11.8 Å². The van der Waals surface area contributed by atoms with Crippen LogP contribution in [-0.4, -0.2) is 15.0 Å². The number of aromatic nitrogens is 3. The Morgan fingerprint density at radius 3 is 2.22 bits per heavy atom. The number of rotatable bonds is 5. The molecule has 2 aromatic carbocycles. The molecule has 0 bridgehead atoms. The summed E-state index contributed by atoms with van der Waals surface area (Å²) in [4.78, 5) is 14.4. The first-order valence-corrected chi connectivity index (χ1v) is 9.87. The normalized spacial score (nSPS) is 10.9. The van der Waals surface area contributed by atoms with Gasteiger partial charge in [-0.15, -0.1) is 11.8 Å². The van der Waals surface area contributed by atoms with E-state index in [4.69, 9.17) is 5.73 Å². The number of nitrogens with two attached hydrogens (primary N) is 1. The van der Waals surface area contributed by atoms with Crippen LogP contribution in [-0.2, 0) is 5.75 Å². The van der Waals surface area contributed by atoms with Gasteiger partial charge in [0.25, 0.3) is 0 Å². The number of benzene rings is 2. The monoisotopic (exact) mass is 379 g/mol. The minimum Gasteiger partial charge on any atom is -0.368 e. The molecule has 0 radical (unpaired) electrons. The molecule has 0 saturated carbocycles. The van der Waals surface area contributed by atoms with Gasteiger partial charge in [-0.3, -0.25) is 0 Å². The maximum absolute atomic E-state index is 5.92. The fraction of sp³-hybridized carbons (Fsp3) is 0.286. The van der Waals surface area contributed by atoms with Crippen molar-refractivity contribution in [1.29, 1.82) is 0 Å². The molecule has 27 heavy (non-hydrogen) atoms. The maximum atomic E-state index is 5.92. The van der Waals surface area contributed by atoms with Gasteiger partial charge in [0.1, 0.15) is 5.82 Å². The Hall–Kier alpha value is -2.60. The topological polar surface area (TPSA) is 76.7 Å². The van der Waals surface area contributed by atoms with E-state index in [1.165, 1.54) is 27.1 Å². The molecule has 0 saturated heterocycles. The van der Waals surface area contributed by atoms with Crippen molar-refractivity contribution >= 4 is 29.3 Å². The summed E-state index contributed by atoms with van der Waals surface area (Å²) in [6.07, 6.45) is 0. The van der Waals surface area contributed by atoms with E-state index in [2.05, 4.69) is 54.0 Å². The van der Waals surface area contributed by atoms with Crippen LogP contribution in [0.3, 0.4) is 0 Å². The molecule has 0 aliphatic rings. The summed E-state index contributed by atoms with van der Waals surface area (Å²) in [6, 6.07) is 10.2. The van der Waals surface area contributed by atoms with Crippen molar-refractivity contribution in [3.05, 3.63) is 64.0 Å². The van der Waals surface area contributed by atoms with Gasteiger partial charge < -0.3 is 11.1 Å². The molecule has 0 aliphatic heterocycles. The van der Waals surface area contributed by atoms with Gasteiger partial charge in [0.2, 0.25) is 11.9 Å². The van der Waals surface area contributed by atoms with Crippen molar-refractivity contribution in [3.8, 4) is 0 Å². The van der Waals surface area contributed by atoms with Gasteiger partial charge in [-0.25, -0.2) is 0 Å². The van der Waals surface area contributed by atoms with E-state index >= 15 is 0 Å². The molecule has 0 amide bonds. The SMILES string of the molecule is Cc1ccccc1Nc1nc(N)nc(CSc2c(C)c(C)cc(C)c2C)n1. The molecule has 6 heteroatoms. The molecule has 3 aromatic rings. The van der Waals surface area contributed by atoms with Crippen LogP contribution < -0.4 is 11.1 Å². The maximum Gasteiger partial charge on any atom is 0.232 e. The first-order valence-electron chi connectivity index (χ1n) is 8.88. The molecular weight excluding hydrogens is 354 g/mol. The third-order valence-corrected chi connectivity index (χ3v) is 6.04. The molecule has 3 rings (SSSR count). The van der Waals surface area contributed by atoms with E-state index in [0.717, 1.165) is 11.3 Å². The van der Waals surface area contributed by atoms with E-state index in [-0.39, 0.29) is 5.95 Å². The van der Waals surface area contributed by atoms with Gasteiger partial charge in [0, 0.05) is 10.6 Å². The molecule has 5 nitrogen and oxygen atoms in total. The molecule has 0 spiro atoms.